The molecule has 0 saturated carbocycles. The van der Waals surface area contributed by atoms with E-state index < -0.39 is 0 Å². The van der Waals surface area contributed by atoms with E-state index in [-0.39, 0.29) is 0 Å². The van der Waals surface area contributed by atoms with Crippen molar-refractivity contribution < 1.29 is 0 Å². The number of aromatic nitrogens is 3. The fraction of sp³-hybridized carbons (Fsp3) is 0.200. The van der Waals surface area contributed by atoms with Crippen LogP contribution in [0, 0.1) is 10.5 Å². The zero-order valence-corrected chi connectivity index (χ0v) is 13.8. The van der Waals surface area contributed by atoms with Crippen LogP contribution in [0.3, 0.4) is 0 Å². The van der Waals surface area contributed by atoms with Crippen LogP contribution in [0.1, 0.15) is 5.56 Å². The number of pyridine rings is 2. The Labute approximate surface area is 131 Å². The first-order valence-electron chi connectivity index (χ1n) is 6.33. The van der Waals surface area contributed by atoms with E-state index in [1.54, 1.807) is 0 Å². The third-order valence-electron chi connectivity index (χ3n) is 3.26. The molecule has 0 aromatic carbocycles. The van der Waals surface area contributed by atoms with Crippen molar-refractivity contribution in [1.29, 1.82) is 0 Å². The van der Waals surface area contributed by atoms with Gasteiger partial charge in [-0.2, -0.15) is 0 Å². The molecular weight excluding hydrogens is 363 g/mol. The van der Waals surface area contributed by atoms with Crippen molar-refractivity contribution in [2.45, 2.75) is 6.92 Å². The van der Waals surface area contributed by atoms with Gasteiger partial charge in [0, 0.05) is 30.1 Å². The van der Waals surface area contributed by atoms with E-state index in [2.05, 4.69) is 57.8 Å². The molecule has 102 valence electrons. The smallest absolute Gasteiger partial charge is 0.137 e. The molecule has 4 nitrogen and oxygen atoms in total. The predicted octanol–water partition coefficient (Wildman–Crippen LogP) is 3.38. The van der Waals surface area contributed by atoms with E-state index in [9.17, 15) is 0 Å². The van der Waals surface area contributed by atoms with Gasteiger partial charge in [-0.3, -0.25) is 4.98 Å². The van der Waals surface area contributed by atoms with Gasteiger partial charge in [-0.05, 0) is 53.3 Å². The molecule has 0 saturated heterocycles. The van der Waals surface area contributed by atoms with Crippen LogP contribution in [0.15, 0.2) is 36.8 Å². The van der Waals surface area contributed by atoms with Crippen molar-refractivity contribution in [2.75, 3.05) is 19.0 Å². The molecule has 0 amide bonds. The average Bonchev–Trinajstić information content (AvgIpc) is 2.82. The zero-order chi connectivity index (χ0) is 14.3. The molecule has 0 spiro atoms. The van der Waals surface area contributed by atoms with Crippen LogP contribution in [0.2, 0.25) is 0 Å². The lowest BCUT2D eigenvalue weighted by atomic mass is 10.3. The van der Waals surface area contributed by atoms with E-state index in [4.69, 9.17) is 0 Å². The van der Waals surface area contributed by atoms with Gasteiger partial charge in [0.05, 0.1) is 17.6 Å². The summed E-state index contributed by atoms with van der Waals surface area (Å²) < 4.78 is 3.28. The summed E-state index contributed by atoms with van der Waals surface area (Å²) in [5.74, 6) is 0. The number of hydrogen-bond acceptors (Lipinski definition) is 3. The quantitative estimate of drug-likeness (QED) is 0.642. The molecule has 0 atom stereocenters. The van der Waals surface area contributed by atoms with Crippen LogP contribution in [-0.2, 0) is 0 Å². The summed E-state index contributed by atoms with van der Waals surface area (Å²) in [5.41, 5.74) is 5.08. The van der Waals surface area contributed by atoms with Gasteiger partial charge in [0.1, 0.15) is 11.3 Å². The molecule has 3 aromatic heterocycles. The summed E-state index contributed by atoms with van der Waals surface area (Å²) in [6.45, 7) is 2.10. The maximum atomic E-state index is 4.64. The Morgan fingerprint density at radius 3 is 2.60 bits per heavy atom. The maximum Gasteiger partial charge on any atom is 0.137 e. The maximum absolute atomic E-state index is 4.64. The normalized spacial score (nSPS) is 11.0. The number of hydrogen-bond donors (Lipinski definition) is 0. The summed E-state index contributed by atoms with van der Waals surface area (Å²) in [6.07, 6.45) is 5.98. The Kier molecular flexibility index (Phi) is 3.37. The lowest BCUT2D eigenvalue weighted by Crippen LogP contribution is -2.08. The molecule has 0 unspecified atom stereocenters. The molecule has 0 bridgehead atoms. The first kappa shape index (κ1) is 13.4. The topological polar surface area (TPSA) is 33.4 Å². The lowest BCUT2D eigenvalue weighted by Gasteiger charge is -2.11. The minimum absolute atomic E-state index is 0.895. The van der Waals surface area contributed by atoms with Crippen LogP contribution in [0.4, 0.5) is 5.69 Å². The van der Waals surface area contributed by atoms with Gasteiger partial charge in [-0.25, -0.2) is 4.98 Å². The molecule has 0 radical (unpaired) electrons. The van der Waals surface area contributed by atoms with Crippen molar-refractivity contribution in [2.24, 2.45) is 0 Å². The lowest BCUT2D eigenvalue weighted by molar-refractivity contribution is 1.11. The summed E-state index contributed by atoms with van der Waals surface area (Å²) in [6, 6.07) is 6.16. The first-order valence-corrected chi connectivity index (χ1v) is 7.41. The highest BCUT2D eigenvalue weighted by atomic mass is 127. The van der Waals surface area contributed by atoms with Gasteiger partial charge in [0.25, 0.3) is 0 Å². The Morgan fingerprint density at radius 1 is 1.15 bits per heavy atom. The monoisotopic (exact) mass is 378 g/mol. The van der Waals surface area contributed by atoms with E-state index in [0.717, 1.165) is 22.7 Å². The Balaban J connectivity index is 2.05. The number of imidazole rings is 1. The van der Waals surface area contributed by atoms with Crippen LogP contribution >= 0.6 is 22.6 Å². The van der Waals surface area contributed by atoms with Crippen LogP contribution < -0.4 is 4.90 Å². The number of nitrogens with zero attached hydrogens (tertiary/aromatic N) is 4. The first-order chi connectivity index (χ1) is 9.54. The van der Waals surface area contributed by atoms with Crippen molar-refractivity contribution in [3.63, 3.8) is 0 Å². The van der Waals surface area contributed by atoms with Crippen molar-refractivity contribution in [3.8, 4) is 11.4 Å². The van der Waals surface area contributed by atoms with Crippen LogP contribution in [-0.4, -0.2) is 28.5 Å². The van der Waals surface area contributed by atoms with E-state index in [0.29, 0.717) is 0 Å². The molecule has 3 aromatic rings. The molecule has 0 fully saturated rings. The minimum atomic E-state index is 0.895. The summed E-state index contributed by atoms with van der Waals surface area (Å²) in [7, 11) is 4.01. The highest BCUT2D eigenvalue weighted by Gasteiger charge is 2.07. The van der Waals surface area contributed by atoms with Gasteiger partial charge in [0.2, 0.25) is 0 Å². The summed E-state index contributed by atoms with van der Waals surface area (Å²) in [4.78, 5) is 11.2. The number of halogens is 1. The fourth-order valence-corrected chi connectivity index (χ4v) is 2.49. The molecule has 0 aliphatic heterocycles. The highest BCUT2D eigenvalue weighted by molar-refractivity contribution is 14.1. The fourth-order valence-electron chi connectivity index (χ4n) is 2.03. The van der Waals surface area contributed by atoms with Crippen molar-refractivity contribution >= 4 is 33.9 Å². The molecule has 3 rings (SSSR count). The SMILES string of the molecule is Cc1cc2nc(-c3ccc(N(C)C)cn3)cn2cc1I. The van der Waals surface area contributed by atoms with Gasteiger partial charge < -0.3 is 9.30 Å². The molecule has 0 aliphatic carbocycles. The van der Waals surface area contributed by atoms with Gasteiger partial charge in [-0.1, -0.05) is 0 Å². The Bertz CT molecular complexity index is 720. The van der Waals surface area contributed by atoms with Gasteiger partial charge in [-0.15, -0.1) is 0 Å². The Hall–Kier alpha value is -1.63. The summed E-state index contributed by atoms with van der Waals surface area (Å²) in [5, 5.41) is 0. The van der Waals surface area contributed by atoms with Crippen molar-refractivity contribution in [3.05, 3.63) is 45.9 Å². The third-order valence-corrected chi connectivity index (χ3v) is 4.39. The van der Waals surface area contributed by atoms with E-state index in [1.165, 1.54) is 9.13 Å². The van der Waals surface area contributed by atoms with E-state index in [1.807, 2.05) is 41.9 Å². The minimum Gasteiger partial charge on any atom is -0.376 e. The second-order valence-corrected chi connectivity index (χ2v) is 6.15. The van der Waals surface area contributed by atoms with Crippen LogP contribution in [0.25, 0.3) is 17.0 Å². The van der Waals surface area contributed by atoms with Crippen molar-refractivity contribution in [1.82, 2.24) is 14.4 Å². The standard InChI is InChI=1S/C15H15IN4/c1-10-6-15-18-14(9-20(15)8-12(10)16)13-5-4-11(7-17-13)19(2)3/h4-9H,1-3H3. The number of rotatable bonds is 2. The summed E-state index contributed by atoms with van der Waals surface area (Å²) >= 11 is 2.34. The molecule has 3 heterocycles. The molecule has 0 aliphatic rings. The molecular formula is C15H15IN4. The number of fused-ring (bicyclic) bond motifs is 1. The number of aryl methyl sites for hydroxylation is 1. The van der Waals surface area contributed by atoms with Gasteiger partial charge >= 0.3 is 0 Å². The average molecular weight is 378 g/mol. The van der Waals surface area contributed by atoms with Crippen LogP contribution in [0.5, 0.6) is 0 Å². The van der Waals surface area contributed by atoms with E-state index >= 15 is 0 Å². The number of anilines is 1. The third kappa shape index (κ3) is 2.37. The molecule has 5 heteroatoms. The molecule has 0 N–H and O–H groups in total. The highest BCUT2D eigenvalue weighted by Crippen LogP contribution is 2.21. The molecule has 20 heavy (non-hydrogen) atoms. The van der Waals surface area contributed by atoms with Gasteiger partial charge in [0.15, 0.2) is 0 Å². The zero-order valence-electron chi connectivity index (χ0n) is 11.6. The largest absolute Gasteiger partial charge is 0.376 e. The predicted molar refractivity (Wildman–Crippen MR) is 90.2 cm³/mol. The second kappa shape index (κ2) is 5.05. The second-order valence-electron chi connectivity index (χ2n) is 4.99. The Morgan fingerprint density at radius 2 is 1.95 bits per heavy atom.